The molecule has 134 valence electrons. The van der Waals surface area contributed by atoms with Gasteiger partial charge in [0.25, 0.3) is 0 Å². The third kappa shape index (κ3) is 4.98. The summed E-state index contributed by atoms with van der Waals surface area (Å²) >= 11 is 0. The van der Waals surface area contributed by atoms with E-state index >= 15 is 0 Å². The van der Waals surface area contributed by atoms with Gasteiger partial charge < -0.3 is 14.6 Å². The van der Waals surface area contributed by atoms with E-state index in [2.05, 4.69) is 9.88 Å². The molecule has 1 atom stereocenters. The van der Waals surface area contributed by atoms with E-state index in [4.69, 9.17) is 9.47 Å². The highest BCUT2D eigenvalue weighted by atomic mass is 19.1. The number of aromatic nitrogens is 1. The Morgan fingerprint density at radius 1 is 1.32 bits per heavy atom. The van der Waals surface area contributed by atoms with Gasteiger partial charge in [-0.2, -0.15) is 0 Å². The predicted octanol–water partition coefficient (Wildman–Crippen LogP) is 2.17. The zero-order valence-electron chi connectivity index (χ0n) is 14.3. The summed E-state index contributed by atoms with van der Waals surface area (Å²) in [7, 11) is 0. The molecular weight excluding hydrogens is 323 g/mol. The molecule has 2 heterocycles. The minimum absolute atomic E-state index is 0.0878. The Bertz CT molecular complexity index is 695. The van der Waals surface area contributed by atoms with Crippen LogP contribution in [0, 0.1) is 12.7 Å². The highest BCUT2D eigenvalue weighted by Gasteiger charge is 2.33. The van der Waals surface area contributed by atoms with E-state index in [1.54, 1.807) is 18.3 Å². The van der Waals surface area contributed by atoms with Crippen LogP contribution in [0.1, 0.15) is 11.1 Å². The van der Waals surface area contributed by atoms with Crippen LogP contribution in [0.15, 0.2) is 42.7 Å². The molecule has 1 aromatic heterocycles. The summed E-state index contributed by atoms with van der Waals surface area (Å²) in [6.45, 7) is 4.78. The fraction of sp³-hybridized carbons (Fsp3) is 0.421. The molecule has 0 saturated carbocycles. The molecule has 5 nitrogen and oxygen atoms in total. The molecule has 0 bridgehead atoms. The predicted molar refractivity (Wildman–Crippen MR) is 91.9 cm³/mol. The summed E-state index contributed by atoms with van der Waals surface area (Å²) in [6.07, 6.45) is 3.62. The number of ether oxygens (including phenoxy) is 2. The first-order valence-corrected chi connectivity index (χ1v) is 8.34. The first-order chi connectivity index (χ1) is 12.0. The fourth-order valence-corrected chi connectivity index (χ4v) is 2.89. The van der Waals surface area contributed by atoms with Crippen LogP contribution in [0.5, 0.6) is 5.75 Å². The van der Waals surface area contributed by atoms with Crippen LogP contribution < -0.4 is 4.74 Å². The standard InChI is InChI=1S/C19H23FN2O3/c1-15-10-21-7-6-16(15)11-22-8-9-24-13-19(23,12-22)14-25-18-4-2-17(20)3-5-18/h2-7,10,23H,8-9,11-14H2,1H3. The van der Waals surface area contributed by atoms with Gasteiger partial charge in [-0.3, -0.25) is 9.88 Å². The molecule has 2 aromatic rings. The molecule has 1 aliphatic rings. The molecule has 1 aliphatic heterocycles. The van der Waals surface area contributed by atoms with Crippen molar-refractivity contribution in [1.82, 2.24) is 9.88 Å². The van der Waals surface area contributed by atoms with Gasteiger partial charge in [0, 0.05) is 32.0 Å². The van der Waals surface area contributed by atoms with Crippen molar-refractivity contribution >= 4 is 0 Å². The molecule has 0 amide bonds. The van der Waals surface area contributed by atoms with Gasteiger partial charge in [-0.05, 0) is 48.4 Å². The van der Waals surface area contributed by atoms with Crippen LogP contribution in [0.4, 0.5) is 4.39 Å². The Morgan fingerprint density at radius 2 is 2.12 bits per heavy atom. The Kier molecular flexibility index (Phi) is 5.63. The van der Waals surface area contributed by atoms with Crippen molar-refractivity contribution in [2.75, 3.05) is 32.9 Å². The first kappa shape index (κ1) is 17.8. The number of rotatable bonds is 5. The minimum Gasteiger partial charge on any atom is -0.490 e. The van der Waals surface area contributed by atoms with Gasteiger partial charge in [0.2, 0.25) is 0 Å². The van der Waals surface area contributed by atoms with Crippen molar-refractivity contribution in [3.8, 4) is 5.75 Å². The van der Waals surface area contributed by atoms with Crippen molar-refractivity contribution in [2.24, 2.45) is 0 Å². The first-order valence-electron chi connectivity index (χ1n) is 8.34. The summed E-state index contributed by atoms with van der Waals surface area (Å²) in [6, 6.07) is 7.76. The van der Waals surface area contributed by atoms with Crippen molar-refractivity contribution < 1.29 is 19.0 Å². The number of nitrogens with zero attached hydrogens (tertiary/aromatic N) is 2. The summed E-state index contributed by atoms with van der Waals surface area (Å²) in [5.41, 5.74) is 1.18. The van der Waals surface area contributed by atoms with Gasteiger partial charge in [-0.15, -0.1) is 0 Å². The summed E-state index contributed by atoms with van der Waals surface area (Å²) in [4.78, 5) is 6.27. The number of β-amino-alcohol motifs (C(OH)–C–C–N with tert-alkyl or cyclic N) is 1. The number of benzene rings is 1. The number of pyridine rings is 1. The number of aliphatic hydroxyl groups is 1. The highest BCUT2D eigenvalue weighted by Crippen LogP contribution is 2.19. The van der Waals surface area contributed by atoms with Gasteiger partial charge in [-0.25, -0.2) is 4.39 Å². The van der Waals surface area contributed by atoms with Crippen LogP contribution in [0.25, 0.3) is 0 Å². The van der Waals surface area contributed by atoms with Crippen molar-refractivity contribution in [1.29, 1.82) is 0 Å². The van der Waals surface area contributed by atoms with Crippen molar-refractivity contribution in [3.05, 3.63) is 59.7 Å². The molecule has 0 spiro atoms. The topological polar surface area (TPSA) is 54.8 Å². The number of halogens is 1. The van der Waals surface area contributed by atoms with Crippen LogP contribution in [0.3, 0.4) is 0 Å². The third-order valence-corrected chi connectivity index (χ3v) is 4.29. The van der Waals surface area contributed by atoms with Crippen LogP contribution in [0.2, 0.25) is 0 Å². The van der Waals surface area contributed by atoms with E-state index in [1.165, 1.54) is 17.7 Å². The van der Waals surface area contributed by atoms with Gasteiger partial charge in [0.05, 0.1) is 13.2 Å². The van der Waals surface area contributed by atoms with Crippen molar-refractivity contribution in [2.45, 2.75) is 19.1 Å². The van der Waals surface area contributed by atoms with E-state index < -0.39 is 5.60 Å². The second-order valence-corrected chi connectivity index (χ2v) is 6.53. The van der Waals surface area contributed by atoms with E-state index in [-0.39, 0.29) is 19.0 Å². The van der Waals surface area contributed by atoms with Crippen molar-refractivity contribution in [3.63, 3.8) is 0 Å². The maximum absolute atomic E-state index is 13.0. The monoisotopic (exact) mass is 346 g/mol. The molecule has 6 heteroatoms. The molecule has 25 heavy (non-hydrogen) atoms. The molecule has 0 radical (unpaired) electrons. The normalized spacial score (nSPS) is 21.7. The average Bonchev–Trinajstić information content (AvgIpc) is 2.78. The zero-order valence-corrected chi connectivity index (χ0v) is 14.3. The minimum atomic E-state index is -1.12. The Morgan fingerprint density at radius 3 is 2.88 bits per heavy atom. The summed E-state index contributed by atoms with van der Waals surface area (Å²) in [5, 5.41) is 10.9. The highest BCUT2D eigenvalue weighted by molar-refractivity contribution is 5.23. The molecule has 1 saturated heterocycles. The smallest absolute Gasteiger partial charge is 0.134 e. The van der Waals surface area contributed by atoms with E-state index in [1.807, 2.05) is 19.2 Å². The number of hydrogen-bond donors (Lipinski definition) is 1. The number of hydrogen-bond acceptors (Lipinski definition) is 5. The van der Waals surface area contributed by atoms with Gasteiger partial charge in [0.1, 0.15) is 23.8 Å². The molecule has 0 aliphatic carbocycles. The molecule has 1 unspecified atom stereocenters. The summed E-state index contributed by atoms with van der Waals surface area (Å²) < 4.78 is 24.2. The quantitative estimate of drug-likeness (QED) is 0.899. The van der Waals surface area contributed by atoms with E-state index in [0.29, 0.717) is 18.9 Å². The van der Waals surface area contributed by atoms with Gasteiger partial charge in [0.15, 0.2) is 0 Å². The van der Waals surface area contributed by atoms with Gasteiger partial charge >= 0.3 is 0 Å². The Balaban J connectivity index is 1.63. The lowest BCUT2D eigenvalue weighted by Gasteiger charge is -2.30. The van der Waals surface area contributed by atoms with Crippen LogP contribution in [-0.4, -0.2) is 53.5 Å². The molecule has 1 N–H and O–H groups in total. The van der Waals surface area contributed by atoms with Crippen LogP contribution in [-0.2, 0) is 11.3 Å². The Hall–Kier alpha value is -2.02. The lowest BCUT2D eigenvalue weighted by molar-refractivity contribution is -0.0646. The maximum Gasteiger partial charge on any atom is 0.134 e. The largest absolute Gasteiger partial charge is 0.490 e. The zero-order chi connectivity index (χ0) is 17.7. The fourth-order valence-electron chi connectivity index (χ4n) is 2.89. The van der Waals surface area contributed by atoms with E-state index in [0.717, 1.165) is 18.7 Å². The lowest BCUT2D eigenvalue weighted by atomic mass is 10.1. The lowest BCUT2D eigenvalue weighted by Crippen LogP contribution is -2.48. The second kappa shape index (κ2) is 7.91. The molecular formula is C19H23FN2O3. The number of aryl methyl sites for hydroxylation is 1. The summed E-state index contributed by atoms with van der Waals surface area (Å²) in [5.74, 6) is 0.207. The Labute approximate surface area is 147 Å². The van der Waals surface area contributed by atoms with Crippen LogP contribution >= 0.6 is 0 Å². The third-order valence-electron chi connectivity index (χ3n) is 4.29. The average molecular weight is 346 g/mol. The molecule has 3 rings (SSSR count). The van der Waals surface area contributed by atoms with E-state index in [9.17, 15) is 9.50 Å². The molecule has 1 aromatic carbocycles. The molecule has 1 fully saturated rings. The van der Waals surface area contributed by atoms with Gasteiger partial charge in [-0.1, -0.05) is 0 Å². The maximum atomic E-state index is 13.0. The second-order valence-electron chi connectivity index (χ2n) is 6.53. The SMILES string of the molecule is Cc1cnccc1CN1CCOCC(O)(COc2ccc(F)cc2)C1.